The molecule has 172 valence electrons. The predicted octanol–water partition coefficient (Wildman–Crippen LogP) is 6.60. The summed E-state index contributed by atoms with van der Waals surface area (Å²) in [5.74, 6) is 1.04. The summed E-state index contributed by atoms with van der Waals surface area (Å²) in [6, 6.07) is 20.3. The van der Waals surface area contributed by atoms with E-state index in [0.717, 1.165) is 16.0 Å². The first-order valence-electron chi connectivity index (χ1n) is 10.3. The summed E-state index contributed by atoms with van der Waals surface area (Å²) in [4.78, 5) is 13.3. The van der Waals surface area contributed by atoms with Gasteiger partial charge in [0.15, 0.2) is 11.5 Å². The molecule has 33 heavy (non-hydrogen) atoms. The molecule has 5 nitrogen and oxygen atoms in total. The van der Waals surface area contributed by atoms with Gasteiger partial charge in [0.1, 0.15) is 6.61 Å². The molecule has 3 aromatic carbocycles. The van der Waals surface area contributed by atoms with Gasteiger partial charge in [0.05, 0.1) is 18.1 Å². The fourth-order valence-electron chi connectivity index (χ4n) is 2.77. The van der Waals surface area contributed by atoms with E-state index >= 15 is 0 Å². The van der Waals surface area contributed by atoms with Crippen molar-refractivity contribution in [1.82, 2.24) is 5.43 Å². The number of halogens is 2. The molecule has 0 aromatic heterocycles. The lowest BCUT2D eigenvalue weighted by atomic mass is 10.2. The molecule has 0 bridgehead atoms. The minimum absolute atomic E-state index is 0.195. The molecule has 3 rings (SSSR count). The molecule has 0 saturated carbocycles. The van der Waals surface area contributed by atoms with Crippen LogP contribution in [0.4, 0.5) is 0 Å². The molecule has 0 aliphatic rings. The Hall–Kier alpha value is -2.67. The average molecular weight is 503 g/mol. The van der Waals surface area contributed by atoms with E-state index < -0.39 is 0 Å². The maximum absolute atomic E-state index is 12.3. The number of amides is 1. The highest BCUT2D eigenvalue weighted by atomic mass is 35.5. The third kappa shape index (κ3) is 8.00. The van der Waals surface area contributed by atoms with Crippen LogP contribution in [-0.4, -0.2) is 24.0 Å². The topological polar surface area (TPSA) is 59.9 Å². The smallest absolute Gasteiger partial charge is 0.253 e. The molecule has 0 unspecified atom stereocenters. The molecule has 1 atom stereocenters. The van der Waals surface area contributed by atoms with Gasteiger partial charge in [-0.2, -0.15) is 5.10 Å². The molecule has 0 fully saturated rings. The van der Waals surface area contributed by atoms with E-state index in [1.165, 1.54) is 11.8 Å². The maximum atomic E-state index is 12.3. The van der Waals surface area contributed by atoms with E-state index in [9.17, 15) is 4.79 Å². The largest absolute Gasteiger partial charge is 0.490 e. The second-order valence-corrected chi connectivity index (χ2v) is 9.29. The lowest BCUT2D eigenvalue weighted by Gasteiger charge is -2.13. The number of ether oxygens (including phenoxy) is 2. The van der Waals surface area contributed by atoms with Crippen LogP contribution in [0.2, 0.25) is 10.0 Å². The first kappa shape index (κ1) is 25.0. The van der Waals surface area contributed by atoms with Crippen LogP contribution in [-0.2, 0) is 11.4 Å². The number of hydrazone groups is 1. The molecule has 0 aliphatic heterocycles. The van der Waals surface area contributed by atoms with E-state index in [1.54, 1.807) is 18.3 Å². The van der Waals surface area contributed by atoms with Gasteiger partial charge in [0, 0.05) is 14.9 Å². The van der Waals surface area contributed by atoms with Crippen molar-refractivity contribution < 1.29 is 14.3 Å². The van der Waals surface area contributed by atoms with E-state index in [4.69, 9.17) is 32.7 Å². The monoisotopic (exact) mass is 502 g/mol. The van der Waals surface area contributed by atoms with Gasteiger partial charge in [-0.25, -0.2) is 5.43 Å². The summed E-state index contributed by atoms with van der Waals surface area (Å²) >= 11 is 13.3. The summed E-state index contributed by atoms with van der Waals surface area (Å²) in [6.45, 7) is 4.62. The lowest BCUT2D eigenvalue weighted by Crippen LogP contribution is -2.26. The van der Waals surface area contributed by atoms with Gasteiger partial charge >= 0.3 is 0 Å². The molecular weight excluding hydrogens is 479 g/mol. The predicted molar refractivity (Wildman–Crippen MR) is 136 cm³/mol. The average Bonchev–Trinajstić information content (AvgIpc) is 2.81. The Morgan fingerprint density at radius 3 is 2.33 bits per heavy atom. The van der Waals surface area contributed by atoms with Gasteiger partial charge in [0.2, 0.25) is 0 Å². The van der Waals surface area contributed by atoms with Crippen LogP contribution < -0.4 is 14.9 Å². The Kier molecular flexibility index (Phi) is 9.48. The Labute approximate surface area is 208 Å². The number of carbonyl (C=O) groups excluding carboxylic acids is 1. The van der Waals surface area contributed by atoms with E-state index in [1.807, 2.05) is 68.4 Å². The van der Waals surface area contributed by atoms with Crippen molar-refractivity contribution in [2.24, 2.45) is 5.10 Å². The number of benzene rings is 3. The van der Waals surface area contributed by atoms with Crippen LogP contribution in [0.15, 0.2) is 76.7 Å². The summed E-state index contributed by atoms with van der Waals surface area (Å²) in [5.41, 5.74) is 4.36. The van der Waals surface area contributed by atoms with Gasteiger partial charge in [-0.1, -0.05) is 35.3 Å². The zero-order chi connectivity index (χ0) is 23.6. The van der Waals surface area contributed by atoms with Crippen LogP contribution in [0, 0.1) is 0 Å². The van der Waals surface area contributed by atoms with Gasteiger partial charge in [0.25, 0.3) is 5.91 Å². The number of rotatable bonds is 10. The van der Waals surface area contributed by atoms with Crippen LogP contribution in [0.1, 0.15) is 25.0 Å². The number of hydrogen-bond acceptors (Lipinski definition) is 5. The normalized spacial score (nSPS) is 11.9. The van der Waals surface area contributed by atoms with Crippen molar-refractivity contribution in [3.05, 3.63) is 87.9 Å². The second kappa shape index (κ2) is 12.5. The van der Waals surface area contributed by atoms with Crippen molar-refractivity contribution in [2.45, 2.75) is 30.6 Å². The molecule has 1 N–H and O–H groups in total. The second-order valence-electron chi connectivity index (χ2n) is 7.00. The lowest BCUT2D eigenvalue weighted by molar-refractivity contribution is -0.120. The fourth-order valence-corrected chi connectivity index (χ4v) is 3.88. The number of nitrogens with one attached hydrogen (secondary N) is 1. The molecular formula is C25H24Cl2N2O3S. The van der Waals surface area contributed by atoms with E-state index in [-0.39, 0.29) is 11.2 Å². The van der Waals surface area contributed by atoms with Gasteiger partial charge < -0.3 is 9.47 Å². The Morgan fingerprint density at radius 1 is 1.00 bits per heavy atom. The van der Waals surface area contributed by atoms with Crippen molar-refractivity contribution in [1.29, 1.82) is 0 Å². The zero-order valence-electron chi connectivity index (χ0n) is 18.3. The van der Waals surface area contributed by atoms with Crippen molar-refractivity contribution in [3.63, 3.8) is 0 Å². The number of thioether (sulfide) groups is 1. The van der Waals surface area contributed by atoms with Crippen molar-refractivity contribution >= 4 is 47.1 Å². The first-order chi connectivity index (χ1) is 15.9. The fraction of sp³-hybridized carbons (Fsp3) is 0.200. The molecule has 3 aromatic rings. The molecule has 0 aliphatic carbocycles. The highest BCUT2D eigenvalue weighted by Crippen LogP contribution is 2.29. The Balaban J connectivity index is 1.57. The third-order valence-corrected chi connectivity index (χ3v) is 6.08. The van der Waals surface area contributed by atoms with Crippen molar-refractivity contribution in [3.8, 4) is 11.5 Å². The van der Waals surface area contributed by atoms with Crippen LogP contribution in [0.5, 0.6) is 11.5 Å². The minimum Gasteiger partial charge on any atom is -0.490 e. The first-order valence-corrected chi connectivity index (χ1v) is 12.0. The van der Waals surface area contributed by atoms with Crippen LogP contribution in [0.3, 0.4) is 0 Å². The molecule has 8 heteroatoms. The Morgan fingerprint density at radius 2 is 1.67 bits per heavy atom. The maximum Gasteiger partial charge on any atom is 0.253 e. The summed E-state index contributed by atoms with van der Waals surface area (Å²) in [5, 5.41) is 5.11. The van der Waals surface area contributed by atoms with Crippen LogP contribution >= 0.6 is 35.0 Å². The zero-order valence-corrected chi connectivity index (χ0v) is 20.6. The number of carbonyl (C=O) groups is 1. The quantitative estimate of drug-likeness (QED) is 0.192. The van der Waals surface area contributed by atoms with Gasteiger partial charge in [-0.15, -0.1) is 11.8 Å². The SMILES string of the molecule is CCOc1cc(/C=N\NC(=O)[C@@H](C)Sc2ccc(Cl)cc2)ccc1OCc1ccc(Cl)cc1. The third-order valence-electron chi connectivity index (χ3n) is 4.46. The summed E-state index contributed by atoms with van der Waals surface area (Å²) in [7, 11) is 0. The molecule has 0 radical (unpaired) electrons. The van der Waals surface area contributed by atoms with E-state index in [0.29, 0.717) is 34.8 Å². The van der Waals surface area contributed by atoms with Crippen molar-refractivity contribution in [2.75, 3.05) is 6.61 Å². The number of hydrogen-bond donors (Lipinski definition) is 1. The number of nitrogens with zero attached hydrogens (tertiary/aromatic N) is 1. The summed E-state index contributed by atoms with van der Waals surface area (Å²) < 4.78 is 11.6. The molecule has 1 amide bonds. The van der Waals surface area contributed by atoms with Crippen LogP contribution in [0.25, 0.3) is 0 Å². The standard InChI is InChI=1S/C25H24Cl2N2O3S/c1-3-31-24-14-19(6-13-23(24)32-16-18-4-7-20(26)8-5-18)15-28-29-25(30)17(2)33-22-11-9-21(27)10-12-22/h4-15,17H,3,16H2,1-2H3,(H,29,30)/b28-15-/t17-/m1/s1. The molecule has 0 spiro atoms. The van der Waals surface area contributed by atoms with E-state index in [2.05, 4.69) is 10.5 Å². The highest BCUT2D eigenvalue weighted by molar-refractivity contribution is 8.00. The molecule has 0 saturated heterocycles. The minimum atomic E-state index is -0.314. The highest BCUT2D eigenvalue weighted by Gasteiger charge is 2.13. The van der Waals surface area contributed by atoms with Gasteiger partial charge in [-0.3, -0.25) is 4.79 Å². The van der Waals surface area contributed by atoms with Gasteiger partial charge in [-0.05, 0) is 79.6 Å². The Bertz CT molecular complexity index is 1090. The molecule has 0 heterocycles. The summed E-state index contributed by atoms with van der Waals surface area (Å²) in [6.07, 6.45) is 1.57.